The Labute approximate surface area is 158 Å². The molecule has 0 fully saturated rings. The van der Waals surface area contributed by atoms with Gasteiger partial charge in [0.05, 0.1) is 36.4 Å². The summed E-state index contributed by atoms with van der Waals surface area (Å²) in [6.07, 6.45) is 0. The fourth-order valence-electron chi connectivity index (χ4n) is 3.09. The van der Waals surface area contributed by atoms with Crippen LogP contribution in [0.4, 0.5) is 5.69 Å². The van der Waals surface area contributed by atoms with Gasteiger partial charge in [-0.25, -0.2) is 8.42 Å². The summed E-state index contributed by atoms with van der Waals surface area (Å²) >= 11 is 6.08. The van der Waals surface area contributed by atoms with Gasteiger partial charge < -0.3 is 15.2 Å². The van der Waals surface area contributed by atoms with Crippen LogP contribution in [0.3, 0.4) is 0 Å². The molecule has 1 aliphatic rings. The Bertz CT molecular complexity index is 889. The molecule has 140 valence electrons. The molecular formula is C18H21ClN2O4S. The van der Waals surface area contributed by atoms with Gasteiger partial charge >= 0.3 is 0 Å². The molecule has 0 aliphatic carbocycles. The van der Waals surface area contributed by atoms with Gasteiger partial charge in [-0.3, -0.25) is 4.31 Å². The van der Waals surface area contributed by atoms with Crippen LogP contribution in [-0.4, -0.2) is 46.9 Å². The average Bonchev–Trinajstić information content (AvgIpc) is 2.70. The van der Waals surface area contributed by atoms with Gasteiger partial charge in [0.2, 0.25) is 0 Å². The highest BCUT2D eigenvalue weighted by molar-refractivity contribution is 7.92. The molecule has 0 amide bonds. The molecule has 0 saturated carbocycles. The summed E-state index contributed by atoms with van der Waals surface area (Å²) in [6, 6.07) is 12.0. The lowest BCUT2D eigenvalue weighted by atomic mass is 9.97. The normalized spacial score (nSPS) is 18.1. The van der Waals surface area contributed by atoms with Gasteiger partial charge in [0.1, 0.15) is 0 Å². The van der Waals surface area contributed by atoms with Gasteiger partial charge in [-0.1, -0.05) is 35.9 Å². The zero-order valence-electron chi connectivity index (χ0n) is 14.4. The van der Waals surface area contributed by atoms with Crippen LogP contribution in [0, 0.1) is 0 Å². The van der Waals surface area contributed by atoms with Crippen molar-refractivity contribution < 1.29 is 18.3 Å². The van der Waals surface area contributed by atoms with E-state index in [-0.39, 0.29) is 24.2 Å². The number of nitrogens with zero attached hydrogens (tertiary/aromatic N) is 1. The minimum Gasteiger partial charge on any atom is -0.394 e. The van der Waals surface area contributed by atoms with E-state index in [2.05, 4.69) is 5.32 Å². The van der Waals surface area contributed by atoms with E-state index in [1.165, 1.54) is 10.4 Å². The molecule has 1 unspecified atom stereocenters. The molecule has 0 spiro atoms. The summed E-state index contributed by atoms with van der Waals surface area (Å²) in [5, 5.41) is 12.5. The lowest BCUT2D eigenvalue weighted by Crippen LogP contribution is -2.27. The third kappa shape index (κ3) is 3.58. The molecule has 1 atom stereocenters. The number of anilines is 1. The Kier molecular flexibility index (Phi) is 5.84. The van der Waals surface area contributed by atoms with Gasteiger partial charge in [0, 0.05) is 18.6 Å². The summed E-state index contributed by atoms with van der Waals surface area (Å²) in [5.74, 6) is 0. The number of fused-ring (bicyclic) bond motifs is 2. The zero-order chi connectivity index (χ0) is 18.7. The number of rotatable bonds is 6. The third-order valence-electron chi connectivity index (χ3n) is 4.34. The summed E-state index contributed by atoms with van der Waals surface area (Å²) in [7, 11) is -2.17. The predicted molar refractivity (Wildman–Crippen MR) is 101 cm³/mol. The van der Waals surface area contributed by atoms with E-state index in [1.54, 1.807) is 25.2 Å². The van der Waals surface area contributed by atoms with Gasteiger partial charge in [-0.15, -0.1) is 0 Å². The summed E-state index contributed by atoms with van der Waals surface area (Å²) in [6.45, 7) is 1.15. The maximum Gasteiger partial charge on any atom is 0.264 e. The lowest BCUT2D eigenvalue weighted by Gasteiger charge is -2.22. The molecule has 0 radical (unpaired) electrons. The average molecular weight is 397 g/mol. The first-order chi connectivity index (χ1) is 12.5. The molecule has 1 heterocycles. The van der Waals surface area contributed by atoms with Crippen molar-refractivity contribution in [2.24, 2.45) is 0 Å². The van der Waals surface area contributed by atoms with Crippen molar-refractivity contribution in [1.29, 1.82) is 0 Å². The van der Waals surface area contributed by atoms with Crippen LogP contribution in [0.1, 0.15) is 17.2 Å². The minimum atomic E-state index is -3.72. The molecule has 2 aromatic carbocycles. The molecule has 3 rings (SSSR count). The second kappa shape index (κ2) is 7.94. The van der Waals surface area contributed by atoms with Crippen molar-refractivity contribution in [2.75, 3.05) is 37.7 Å². The Morgan fingerprint density at radius 3 is 2.73 bits per heavy atom. The van der Waals surface area contributed by atoms with E-state index < -0.39 is 10.0 Å². The standard InChI is InChI=1S/C18H21ClN2O4S/c1-21-16-5-3-2-4-14(16)18(20-8-10-25-11-9-22)15-7-6-13(19)12-17(15)26(21,23)24/h2-7,12,18,20,22H,8-11H2,1H3. The molecule has 2 aromatic rings. The number of aliphatic hydroxyl groups excluding tert-OH is 1. The second-order valence-corrected chi connectivity index (χ2v) is 8.31. The van der Waals surface area contributed by atoms with Crippen LogP contribution in [0.15, 0.2) is 47.4 Å². The monoisotopic (exact) mass is 396 g/mol. The maximum atomic E-state index is 13.1. The van der Waals surface area contributed by atoms with Crippen LogP contribution >= 0.6 is 11.6 Å². The third-order valence-corrected chi connectivity index (χ3v) is 6.40. The van der Waals surface area contributed by atoms with E-state index >= 15 is 0 Å². The number of ether oxygens (including phenoxy) is 1. The SMILES string of the molecule is CN1c2ccccc2C(NCCOCCO)c2ccc(Cl)cc2S1(=O)=O. The van der Waals surface area contributed by atoms with Gasteiger partial charge in [0.15, 0.2) is 0 Å². The Hall–Kier alpha value is -1.64. The first-order valence-electron chi connectivity index (χ1n) is 8.26. The summed E-state index contributed by atoms with van der Waals surface area (Å²) in [4.78, 5) is 0.192. The molecule has 8 heteroatoms. The van der Waals surface area contributed by atoms with Crippen LogP contribution in [0.5, 0.6) is 0 Å². The van der Waals surface area contributed by atoms with Crippen molar-refractivity contribution in [2.45, 2.75) is 10.9 Å². The lowest BCUT2D eigenvalue weighted by molar-refractivity contribution is 0.0931. The molecule has 0 saturated heterocycles. The quantitative estimate of drug-likeness (QED) is 0.731. The summed E-state index contributed by atoms with van der Waals surface area (Å²) in [5.41, 5.74) is 2.13. The number of hydrogen-bond donors (Lipinski definition) is 2. The van der Waals surface area contributed by atoms with Crippen molar-refractivity contribution >= 4 is 27.3 Å². The Balaban J connectivity index is 2.07. The zero-order valence-corrected chi connectivity index (χ0v) is 15.9. The van der Waals surface area contributed by atoms with E-state index in [0.717, 1.165) is 5.56 Å². The van der Waals surface area contributed by atoms with Crippen molar-refractivity contribution in [3.63, 3.8) is 0 Å². The molecule has 6 nitrogen and oxygen atoms in total. The van der Waals surface area contributed by atoms with E-state index in [9.17, 15) is 8.42 Å². The fraction of sp³-hybridized carbons (Fsp3) is 0.333. The largest absolute Gasteiger partial charge is 0.394 e. The number of nitrogens with one attached hydrogen (secondary N) is 1. The predicted octanol–water partition coefficient (Wildman–Crippen LogP) is 2.17. The number of aliphatic hydroxyl groups is 1. The van der Waals surface area contributed by atoms with Gasteiger partial charge in [-0.05, 0) is 29.3 Å². The highest BCUT2D eigenvalue weighted by atomic mass is 35.5. The number of halogens is 1. The van der Waals surface area contributed by atoms with Crippen molar-refractivity contribution in [3.05, 3.63) is 58.6 Å². The van der Waals surface area contributed by atoms with E-state index in [4.69, 9.17) is 21.4 Å². The molecule has 1 aliphatic heterocycles. The number of sulfonamides is 1. The highest BCUT2D eigenvalue weighted by Gasteiger charge is 2.34. The number of para-hydroxylation sites is 1. The molecule has 0 aromatic heterocycles. The maximum absolute atomic E-state index is 13.1. The van der Waals surface area contributed by atoms with Gasteiger partial charge in [-0.2, -0.15) is 0 Å². The molecule has 0 bridgehead atoms. The topological polar surface area (TPSA) is 78.9 Å². The number of benzene rings is 2. The Morgan fingerprint density at radius 1 is 1.19 bits per heavy atom. The number of hydrogen-bond acceptors (Lipinski definition) is 5. The fourth-order valence-corrected chi connectivity index (χ4v) is 4.81. The first kappa shape index (κ1) is 19.1. The smallest absolute Gasteiger partial charge is 0.264 e. The Morgan fingerprint density at radius 2 is 1.96 bits per heavy atom. The van der Waals surface area contributed by atoms with Crippen molar-refractivity contribution in [3.8, 4) is 0 Å². The van der Waals surface area contributed by atoms with Gasteiger partial charge in [0.25, 0.3) is 10.0 Å². The second-order valence-electron chi connectivity index (χ2n) is 5.94. The van der Waals surface area contributed by atoms with Crippen LogP contribution in [0.25, 0.3) is 0 Å². The molecule has 2 N–H and O–H groups in total. The summed E-state index contributed by atoms with van der Waals surface area (Å²) < 4.78 is 32.8. The minimum absolute atomic E-state index is 0.0311. The van der Waals surface area contributed by atoms with E-state index in [1.807, 2.05) is 18.2 Å². The van der Waals surface area contributed by atoms with Crippen molar-refractivity contribution in [1.82, 2.24) is 5.32 Å². The molecular weight excluding hydrogens is 376 g/mol. The van der Waals surface area contributed by atoms with Crippen LogP contribution in [0.2, 0.25) is 5.02 Å². The van der Waals surface area contributed by atoms with Crippen LogP contribution in [-0.2, 0) is 14.8 Å². The van der Waals surface area contributed by atoms with Crippen LogP contribution < -0.4 is 9.62 Å². The van der Waals surface area contributed by atoms with E-state index in [0.29, 0.717) is 29.4 Å². The molecule has 26 heavy (non-hydrogen) atoms. The highest BCUT2D eigenvalue weighted by Crippen LogP contribution is 2.40. The first-order valence-corrected chi connectivity index (χ1v) is 10.1.